The molecule has 0 unspecified atom stereocenters. The van der Waals surface area contributed by atoms with Crippen molar-refractivity contribution in [1.29, 1.82) is 0 Å². The van der Waals surface area contributed by atoms with Gasteiger partial charge in [-0.2, -0.15) is 0 Å². The zero-order valence-electron chi connectivity index (χ0n) is 14.0. The number of aliphatic hydroxyl groups is 3. The molecular weight excluding hydrogens is 332 g/mol. The predicted molar refractivity (Wildman–Crippen MR) is 93.9 cm³/mol. The number of carbonyl (C=O) groups is 1. The lowest BCUT2D eigenvalue weighted by molar-refractivity contribution is -0.209. The molecule has 0 aromatic heterocycles. The van der Waals surface area contributed by atoms with Gasteiger partial charge in [0.25, 0.3) is 0 Å². The summed E-state index contributed by atoms with van der Waals surface area (Å²) < 4.78 is 5.22. The highest BCUT2D eigenvalue weighted by Gasteiger charge is 2.46. The first-order valence-corrected chi connectivity index (χ1v) is 9.69. The van der Waals surface area contributed by atoms with Crippen LogP contribution in [0.15, 0.2) is 12.7 Å². The highest BCUT2D eigenvalue weighted by atomic mass is 32.2. The Hall–Kier alpha value is -0.600. The molecule has 0 spiro atoms. The summed E-state index contributed by atoms with van der Waals surface area (Å²) in [6, 6.07) is 0. The lowest BCUT2D eigenvalue weighted by atomic mass is 10.0. The van der Waals surface area contributed by atoms with Crippen LogP contribution in [0.3, 0.4) is 0 Å². The van der Waals surface area contributed by atoms with Crippen molar-refractivity contribution < 1.29 is 30.0 Å². The molecule has 1 saturated heterocycles. The number of rotatable bonds is 12. The Morgan fingerprint density at radius 1 is 0.958 bits per heavy atom. The van der Waals surface area contributed by atoms with Crippen LogP contribution in [0, 0.1) is 0 Å². The number of ether oxygens (including phenoxy) is 1. The lowest BCUT2D eigenvalue weighted by Gasteiger charge is -2.38. The Labute approximate surface area is 147 Å². The predicted octanol–water partition coefficient (Wildman–Crippen LogP) is 1.92. The van der Waals surface area contributed by atoms with Crippen molar-refractivity contribution in [2.45, 2.75) is 81.2 Å². The second kappa shape index (κ2) is 11.9. The van der Waals surface area contributed by atoms with Gasteiger partial charge in [0.05, 0.1) is 0 Å². The number of hydrogen-bond acceptors (Lipinski definition) is 6. The number of hydrogen-bond donors (Lipinski definition) is 4. The molecule has 0 radical (unpaired) electrons. The Morgan fingerprint density at radius 3 is 2.12 bits per heavy atom. The van der Waals surface area contributed by atoms with E-state index in [1.165, 1.54) is 37.4 Å². The van der Waals surface area contributed by atoms with Gasteiger partial charge in [-0.3, -0.25) is 0 Å². The fraction of sp³-hybridized carbons (Fsp3) is 0.824. The molecule has 0 amide bonds. The van der Waals surface area contributed by atoms with E-state index in [-0.39, 0.29) is 0 Å². The minimum atomic E-state index is -1.62. The van der Waals surface area contributed by atoms with Crippen LogP contribution in [0.5, 0.6) is 0 Å². The minimum absolute atomic E-state index is 0.716. The van der Waals surface area contributed by atoms with E-state index in [2.05, 4.69) is 6.58 Å². The van der Waals surface area contributed by atoms with Gasteiger partial charge in [-0.05, 0) is 25.0 Å². The van der Waals surface area contributed by atoms with Gasteiger partial charge in [0.1, 0.15) is 23.7 Å². The number of carboxylic acid groups (broad SMARTS) is 1. The number of aliphatic carboxylic acids is 1. The molecule has 1 fully saturated rings. The van der Waals surface area contributed by atoms with Gasteiger partial charge in [0.15, 0.2) is 6.10 Å². The standard InChI is InChI=1S/C17H30O6S/c1-2-3-4-5-6-7-8-9-10-11-24-17-14(20)12(18)13(19)15(23-17)16(21)22/h2,12-15,17-20H,1,3-11H2,(H,21,22)/t12-,13-,14+,15-,17-/m0/s1. The first-order chi connectivity index (χ1) is 11.5. The maximum absolute atomic E-state index is 11.0. The summed E-state index contributed by atoms with van der Waals surface area (Å²) in [5.74, 6) is -0.622. The molecule has 1 heterocycles. The maximum Gasteiger partial charge on any atom is 0.335 e. The van der Waals surface area contributed by atoms with Crippen LogP contribution in [0.25, 0.3) is 0 Å². The zero-order valence-corrected chi connectivity index (χ0v) is 14.9. The molecule has 0 bridgehead atoms. The van der Waals surface area contributed by atoms with E-state index >= 15 is 0 Å². The quantitative estimate of drug-likeness (QED) is 0.310. The van der Waals surface area contributed by atoms with E-state index < -0.39 is 35.8 Å². The fourth-order valence-electron chi connectivity index (χ4n) is 2.66. The number of aliphatic hydroxyl groups excluding tert-OH is 3. The van der Waals surface area contributed by atoms with E-state index in [9.17, 15) is 20.1 Å². The SMILES string of the molecule is C=CCCCCCCCCCS[C@@H]1O[C@H](C(=O)O)[C@@H](O)[C@H](O)[C@H]1O. The Morgan fingerprint density at radius 2 is 1.54 bits per heavy atom. The molecule has 1 aliphatic heterocycles. The molecule has 1 aliphatic rings. The average Bonchev–Trinajstić information content (AvgIpc) is 2.56. The third kappa shape index (κ3) is 7.11. The summed E-state index contributed by atoms with van der Waals surface area (Å²) in [6.07, 6.45) is 5.17. The largest absolute Gasteiger partial charge is 0.479 e. The summed E-state index contributed by atoms with van der Waals surface area (Å²) in [5, 5.41) is 38.2. The molecule has 7 heteroatoms. The summed E-state index contributed by atoms with van der Waals surface area (Å²) in [6.45, 7) is 3.70. The van der Waals surface area contributed by atoms with E-state index in [1.54, 1.807) is 0 Å². The molecule has 140 valence electrons. The monoisotopic (exact) mass is 362 g/mol. The lowest BCUT2D eigenvalue weighted by Crippen LogP contribution is -2.58. The number of unbranched alkanes of at least 4 members (excludes halogenated alkanes) is 7. The van der Waals surface area contributed by atoms with Gasteiger partial charge >= 0.3 is 5.97 Å². The van der Waals surface area contributed by atoms with Crippen LogP contribution >= 0.6 is 11.8 Å². The topological polar surface area (TPSA) is 107 Å². The van der Waals surface area contributed by atoms with Crippen molar-refractivity contribution >= 4 is 17.7 Å². The smallest absolute Gasteiger partial charge is 0.335 e. The molecule has 5 atom stereocenters. The second-order valence-corrected chi connectivity index (χ2v) is 7.36. The van der Waals surface area contributed by atoms with Crippen LogP contribution in [-0.2, 0) is 9.53 Å². The molecule has 1 rings (SSSR count). The highest BCUT2D eigenvalue weighted by molar-refractivity contribution is 7.99. The molecule has 0 aromatic carbocycles. The van der Waals surface area contributed by atoms with Crippen molar-refractivity contribution in [3.63, 3.8) is 0 Å². The first-order valence-electron chi connectivity index (χ1n) is 8.64. The third-order valence-electron chi connectivity index (χ3n) is 4.15. The van der Waals surface area contributed by atoms with Gasteiger partial charge in [-0.25, -0.2) is 4.79 Å². The highest BCUT2D eigenvalue weighted by Crippen LogP contribution is 2.29. The zero-order chi connectivity index (χ0) is 17.9. The number of carboxylic acids is 1. The van der Waals surface area contributed by atoms with Gasteiger partial charge in [0, 0.05) is 0 Å². The molecule has 4 N–H and O–H groups in total. The van der Waals surface area contributed by atoms with Crippen molar-refractivity contribution in [2.75, 3.05) is 5.75 Å². The van der Waals surface area contributed by atoms with Crippen molar-refractivity contribution in [2.24, 2.45) is 0 Å². The number of allylic oxidation sites excluding steroid dienone is 1. The van der Waals surface area contributed by atoms with Crippen LogP contribution in [0.1, 0.15) is 51.4 Å². The second-order valence-electron chi connectivity index (χ2n) is 6.16. The molecule has 0 aliphatic carbocycles. The van der Waals surface area contributed by atoms with Crippen molar-refractivity contribution in [3.05, 3.63) is 12.7 Å². The van der Waals surface area contributed by atoms with Crippen molar-refractivity contribution in [1.82, 2.24) is 0 Å². The third-order valence-corrected chi connectivity index (χ3v) is 5.39. The van der Waals surface area contributed by atoms with E-state index in [4.69, 9.17) is 9.84 Å². The summed E-state index contributed by atoms with van der Waals surface area (Å²) in [4.78, 5) is 11.0. The Balaban J connectivity index is 2.15. The Kier molecular flexibility index (Phi) is 10.6. The maximum atomic E-state index is 11.0. The molecule has 6 nitrogen and oxygen atoms in total. The van der Waals surface area contributed by atoms with Crippen LogP contribution in [0.2, 0.25) is 0 Å². The molecular formula is C17H30O6S. The Bertz CT molecular complexity index is 378. The van der Waals surface area contributed by atoms with Crippen LogP contribution < -0.4 is 0 Å². The van der Waals surface area contributed by atoms with E-state index in [1.807, 2.05) is 6.08 Å². The van der Waals surface area contributed by atoms with E-state index in [0.717, 1.165) is 25.7 Å². The average molecular weight is 362 g/mol. The van der Waals surface area contributed by atoms with Crippen molar-refractivity contribution in [3.8, 4) is 0 Å². The molecule has 0 saturated carbocycles. The minimum Gasteiger partial charge on any atom is -0.479 e. The van der Waals surface area contributed by atoms with Gasteiger partial charge in [-0.1, -0.05) is 38.2 Å². The van der Waals surface area contributed by atoms with E-state index in [0.29, 0.717) is 5.75 Å². The number of thioether (sulfide) groups is 1. The van der Waals surface area contributed by atoms with Crippen LogP contribution in [0.4, 0.5) is 0 Å². The summed E-state index contributed by atoms with van der Waals surface area (Å²) in [7, 11) is 0. The molecule has 24 heavy (non-hydrogen) atoms. The summed E-state index contributed by atoms with van der Waals surface area (Å²) in [5.41, 5.74) is -0.830. The first kappa shape index (κ1) is 21.4. The van der Waals surface area contributed by atoms with Gasteiger partial charge in [0.2, 0.25) is 0 Å². The molecule has 0 aromatic rings. The fourth-order valence-corrected chi connectivity index (χ4v) is 3.82. The normalized spacial score (nSPS) is 30.2. The summed E-state index contributed by atoms with van der Waals surface area (Å²) >= 11 is 1.29. The van der Waals surface area contributed by atoms with Gasteiger partial charge in [-0.15, -0.1) is 18.3 Å². The van der Waals surface area contributed by atoms with Crippen LogP contribution in [-0.4, -0.2) is 62.0 Å². The van der Waals surface area contributed by atoms with Gasteiger partial charge < -0.3 is 25.2 Å².